The number of benzene rings is 2. The largest absolute Gasteiger partial charge is 0.480 e. The monoisotopic (exact) mass is 432 g/mol. The summed E-state index contributed by atoms with van der Waals surface area (Å²) in [5.41, 5.74) is 0.441. The second-order valence-corrected chi connectivity index (χ2v) is 6.65. The first-order chi connectivity index (χ1) is 14.7. The van der Waals surface area contributed by atoms with Crippen LogP contribution in [0.4, 0.5) is 10.1 Å². The van der Waals surface area contributed by atoms with Gasteiger partial charge in [0.25, 0.3) is 5.69 Å². The quantitative estimate of drug-likeness (QED) is 0.335. The lowest BCUT2D eigenvalue weighted by Crippen LogP contribution is -2.46. The minimum Gasteiger partial charge on any atom is -0.480 e. The number of carboxylic acid groups (broad SMARTS) is 1. The zero-order valence-electron chi connectivity index (χ0n) is 16.6. The molecule has 0 aliphatic carbocycles. The molecule has 0 heterocycles. The fourth-order valence-electron chi connectivity index (χ4n) is 3.06. The van der Waals surface area contributed by atoms with Crippen LogP contribution in [0.1, 0.15) is 30.4 Å². The van der Waals surface area contributed by atoms with Crippen LogP contribution in [0.3, 0.4) is 0 Å². The van der Waals surface area contributed by atoms with Crippen molar-refractivity contribution >= 4 is 23.5 Å². The molecule has 0 saturated carbocycles. The van der Waals surface area contributed by atoms with Crippen LogP contribution < -0.4 is 5.32 Å². The minimum absolute atomic E-state index is 0.0789. The Hall–Kier alpha value is -3.82. The summed E-state index contributed by atoms with van der Waals surface area (Å²) < 4.78 is 18.2. The molecule has 0 spiro atoms. The molecule has 9 nitrogen and oxygen atoms in total. The minimum atomic E-state index is -1.52. The van der Waals surface area contributed by atoms with Crippen LogP contribution in [0.25, 0.3) is 0 Å². The average Bonchev–Trinajstić information content (AvgIpc) is 2.70. The van der Waals surface area contributed by atoms with E-state index >= 15 is 0 Å². The zero-order valence-corrected chi connectivity index (χ0v) is 16.6. The predicted molar refractivity (Wildman–Crippen MR) is 107 cm³/mol. The first-order valence-corrected chi connectivity index (χ1v) is 9.37. The van der Waals surface area contributed by atoms with Crippen LogP contribution in [0.15, 0.2) is 48.5 Å². The molecule has 0 aromatic heterocycles. The molecular weight excluding hydrogens is 411 g/mol. The van der Waals surface area contributed by atoms with Crippen LogP contribution >= 0.6 is 0 Å². The fourth-order valence-corrected chi connectivity index (χ4v) is 3.06. The number of hydrogen-bond donors (Lipinski definition) is 2. The molecule has 0 radical (unpaired) electrons. The molecular formula is C21H21FN2O7. The summed E-state index contributed by atoms with van der Waals surface area (Å²) in [7, 11) is 0. The first-order valence-electron chi connectivity index (χ1n) is 9.37. The Morgan fingerprint density at radius 1 is 1.19 bits per heavy atom. The van der Waals surface area contributed by atoms with Crippen molar-refractivity contribution in [1.29, 1.82) is 0 Å². The van der Waals surface area contributed by atoms with Gasteiger partial charge in [-0.25, -0.2) is 9.18 Å². The van der Waals surface area contributed by atoms with Crippen LogP contribution in [-0.4, -0.2) is 40.5 Å². The lowest BCUT2D eigenvalue weighted by molar-refractivity contribution is -0.384. The molecule has 0 fully saturated rings. The SMILES string of the molecule is CCOC(=O)C[C@@H](c1ccc([N+](=O)[O-])cc1)[C@@H](NC(=O)Cc1cccc(F)c1)C(=O)O. The van der Waals surface area contributed by atoms with E-state index in [4.69, 9.17) is 4.74 Å². The second kappa shape index (κ2) is 10.8. The number of hydrogen-bond acceptors (Lipinski definition) is 6. The number of nitro groups is 1. The molecule has 0 aliphatic heterocycles. The molecule has 2 aromatic carbocycles. The Bertz CT molecular complexity index is 962. The molecule has 1 amide bonds. The molecule has 10 heteroatoms. The van der Waals surface area contributed by atoms with Gasteiger partial charge >= 0.3 is 11.9 Å². The number of nitrogens with one attached hydrogen (secondary N) is 1. The number of nitrogens with zero attached hydrogens (tertiary/aromatic N) is 1. The predicted octanol–water partition coefficient (Wildman–Crippen LogP) is 2.58. The van der Waals surface area contributed by atoms with Crippen molar-refractivity contribution in [1.82, 2.24) is 5.32 Å². The third-order valence-electron chi connectivity index (χ3n) is 4.46. The topological polar surface area (TPSA) is 136 Å². The van der Waals surface area contributed by atoms with Crippen molar-refractivity contribution in [3.05, 3.63) is 75.6 Å². The number of esters is 1. The molecule has 2 N–H and O–H groups in total. The van der Waals surface area contributed by atoms with E-state index in [9.17, 15) is 34.0 Å². The molecule has 164 valence electrons. The summed E-state index contributed by atoms with van der Waals surface area (Å²) in [6, 6.07) is 8.81. The van der Waals surface area contributed by atoms with Crippen molar-refractivity contribution in [2.75, 3.05) is 6.61 Å². The van der Waals surface area contributed by atoms with E-state index in [1.807, 2.05) is 0 Å². The van der Waals surface area contributed by atoms with Crippen molar-refractivity contribution in [2.45, 2.75) is 31.7 Å². The van der Waals surface area contributed by atoms with Crippen molar-refractivity contribution in [3.63, 3.8) is 0 Å². The maximum atomic E-state index is 13.3. The number of carbonyl (C=O) groups is 3. The second-order valence-electron chi connectivity index (χ2n) is 6.65. The highest BCUT2D eigenvalue weighted by molar-refractivity contribution is 5.86. The van der Waals surface area contributed by atoms with Crippen molar-refractivity contribution in [2.24, 2.45) is 0 Å². The summed E-state index contributed by atoms with van der Waals surface area (Å²) in [4.78, 5) is 46.7. The van der Waals surface area contributed by atoms with E-state index in [-0.39, 0.29) is 25.1 Å². The van der Waals surface area contributed by atoms with Gasteiger partial charge in [0.2, 0.25) is 5.91 Å². The van der Waals surface area contributed by atoms with Gasteiger partial charge in [-0.1, -0.05) is 24.3 Å². The maximum Gasteiger partial charge on any atom is 0.326 e. The Morgan fingerprint density at radius 3 is 2.42 bits per heavy atom. The number of amides is 1. The summed E-state index contributed by atoms with van der Waals surface area (Å²) in [6.07, 6.45) is -0.642. The molecule has 0 unspecified atom stereocenters. The molecule has 0 saturated heterocycles. The highest BCUT2D eigenvalue weighted by Crippen LogP contribution is 2.27. The van der Waals surface area contributed by atoms with E-state index in [2.05, 4.69) is 5.32 Å². The Labute approximate surface area is 177 Å². The Kier molecular flexibility index (Phi) is 8.18. The van der Waals surface area contributed by atoms with E-state index in [1.54, 1.807) is 6.92 Å². The standard InChI is InChI=1S/C21H21FN2O7/c1-2-31-19(26)12-17(14-6-8-16(9-7-14)24(29)30)20(21(27)28)23-18(25)11-13-4-3-5-15(22)10-13/h3-10,17,20H,2,11-12H2,1H3,(H,23,25)(H,27,28)/t17-,20+/m0/s1. The van der Waals surface area contributed by atoms with Crippen LogP contribution in [0, 0.1) is 15.9 Å². The third-order valence-corrected chi connectivity index (χ3v) is 4.46. The van der Waals surface area contributed by atoms with E-state index in [0.29, 0.717) is 11.1 Å². The maximum absolute atomic E-state index is 13.3. The lowest BCUT2D eigenvalue weighted by Gasteiger charge is -2.25. The van der Waals surface area contributed by atoms with Gasteiger partial charge < -0.3 is 15.2 Å². The van der Waals surface area contributed by atoms with Crippen molar-refractivity contribution in [3.8, 4) is 0 Å². The normalized spacial score (nSPS) is 12.5. The van der Waals surface area contributed by atoms with Crippen molar-refractivity contribution < 1.29 is 33.5 Å². The lowest BCUT2D eigenvalue weighted by atomic mass is 9.88. The summed E-state index contributed by atoms with van der Waals surface area (Å²) in [5.74, 6) is -4.36. The first kappa shape index (κ1) is 23.5. The molecule has 2 rings (SSSR count). The van der Waals surface area contributed by atoms with Gasteiger partial charge in [-0.3, -0.25) is 19.7 Å². The average molecular weight is 432 g/mol. The number of halogens is 1. The number of rotatable bonds is 10. The van der Waals surface area contributed by atoms with Crippen LogP contribution in [0.2, 0.25) is 0 Å². The number of carboxylic acids is 1. The highest BCUT2D eigenvalue weighted by atomic mass is 19.1. The summed E-state index contributed by atoms with van der Waals surface area (Å²) in [6.45, 7) is 1.67. The van der Waals surface area contributed by atoms with E-state index in [0.717, 1.165) is 6.07 Å². The highest BCUT2D eigenvalue weighted by Gasteiger charge is 2.33. The molecule has 31 heavy (non-hydrogen) atoms. The van der Waals surface area contributed by atoms with Gasteiger partial charge in [0.1, 0.15) is 11.9 Å². The van der Waals surface area contributed by atoms with Gasteiger partial charge in [0, 0.05) is 18.1 Å². The molecule has 0 bridgehead atoms. The van der Waals surface area contributed by atoms with Crippen LogP contribution in [0.5, 0.6) is 0 Å². The Morgan fingerprint density at radius 2 is 1.87 bits per heavy atom. The number of aliphatic carboxylic acids is 1. The summed E-state index contributed by atoms with van der Waals surface area (Å²) in [5, 5.41) is 23.0. The number of ether oxygens (including phenoxy) is 1. The molecule has 0 aliphatic rings. The van der Waals surface area contributed by atoms with Crippen LogP contribution in [-0.2, 0) is 25.5 Å². The van der Waals surface area contributed by atoms with E-state index in [1.165, 1.54) is 42.5 Å². The van der Waals surface area contributed by atoms with Gasteiger partial charge in [-0.05, 0) is 30.2 Å². The number of non-ortho nitro benzene ring substituents is 1. The Balaban J connectivity index is 2.29. The van der Waals surface area contributed by atoms with Gasteiger partial charge in [0.05, 0.1) is 24.4 Å². The smallest absolute Gasteiger partial charge is 0.326 e. The molecule has 2 aromatic rings. The summed E-state index contributed by atoms with van der Waals surface area (Å²) >= 11 is 0. The zero-order chi connectivity index (χ0) is 23.0. The van der Waals surface area contributed by atoms with Gasteiger partial charge in [-0.15, -0.1) is 0 Å². The fraction of sp³-hybridized carbons (Fsp3) is 0.286. The number of carbonyl (C=O) groups excluding carboxylic acids is 2. The third kappa shape index (κ3) is 6.88. The van der Waals surface area contributed by atoms with E-state index < -0.39 is 40.5 Å². The van der Waals surface area contributed by atoms with Gasteiger partial charge in [-0.2, -0.15) is 0 Å². The van der Waals surface area contributed by atoms with Gasteiger partial charge in [0.15, 0.2) is 0 Å². The number of nitro benzene ring substituents is 1. The molecule has 2 atom stereocenters.